The van der Waals surface area contributed by atoms with Crippen LogP contribution >= 0.6 is 0 Å². The summed E-state index contributed by atoms with van der Waals surface area (Å²) in [5.74, 6) is 0.373. The summed E-state index contributed by atoms with van der Waals surface area (Å²) in [5, 5.41) is 0. The van der Waals surface area contributed by atoms with Gasteiger partial charge in [0.1, 0.15) is 11.4 Å². The van der Waals surface area contributed by atoms with Crippen molar-refractivity contribution in [2.24, 2.45) is 5.73 Å². The maximum Gasteiger partial charge on any atom is 0.410 e. The van der Waals surface area contributed by atoms with Crippen LogP contribution in [-0.4, -0.2) is 47.4 Å². The van der Waals surface area contributed by atoms with E-state index in [1.54, 1.807) is 11.1 Å². The van der Waals surface area contributed by atoms with E-state index in [2.05, 4.69) is 4.98 Å². The summed E-state index contributed by atoms with van der Waals surface area (Å²) < 4.78 is 11.0. The number of hydrogen-bond donors (Lipinski definition) is 2. The molecule has 0 radical (unpaired) electrons. The molecule has 2 rings (SSSR count). The number of amides is 1. The highest BCUT2D eigenvalue weighted by Gasteiger charge is 2.36. The van der Waals surface area contributed by atoms with E-state index in [-0.39, 0.29) is 12.1 Å². The number of ether oxygens (including phenoxy) is 2. The SMILES string of the molecule is Cc1cnc(N)c(C(N)C2COCCN2C(=O)OC(C)(C)C)c1. The fraction of sp³-hybridized carbons (Fsp3) is 0.625. The average Bonchev–Trinajstić information content (AvgIpc) is 2.47. The van der Waals surface area contributed by atoms with Gasteiger partial charge in [0.25, 0.3) is 0 Å². The highest BCUT2D eigenvalue weighted by molar-refractivity contribution is 5.69. The monoisotopic (exact) mass is 322 g/mol. The first-order chi connectivity index (χ1) is 10.7. The summed E-state index contributed by atoms with van der Waals surface area (Å²) in [7, 11) is 0. The molecule has 23 heavy (non-hydrogen) atoms. The van der Waals surface area contributed by atoms with Gasteiger partial charge < -0.3 is 20.9 Å². The zero-order valence-electron chi connectivity index (χ0n) is 14.2. The Labute approximate surface area is 136 Å². The molecule has 1 aliphatic heterocycles. The summed E-state index contributed by atoms with van der Waals surface area (Å²) in [5.41, 5.74) is 13.5. The number of anilines is 1. The topological polar surface area (TPSA) is 104 Å². The lowest BCUT2D eigenvalue weighted by Gasteiger charge is -2.39. The van der Waals surface area contributed by atoms with Crippen LogP contribution in [0.25, 0.3) is 0 Å². The van der Waals surface area contributed by atoms with E-state index < -0.39 is 11.6 Å². The number of nitrogens with two attached hydrogens (primary N) is 2. The number of nitrogens with zero attached hydrogens (tertiary/aromatic N) is 2. The van der Waals surface area contributed by atoms with E-state index in [9.17, 15) is 4.79 Å². The highest BCUT2D eigenvalue weighted by atomic mass is 16.6. The van der Waals surface area contributed by atoms with E-state index >= 15 is 0 Å². The smallest absolute Gasteiger partial charge is 0.410 e. The van der Waals surface area contributed by atoms with Crippen molar-refractivity contribution in [2.45, 2.75) is 45.4 Å². The van der Waals surface area contributed by atoms with Crippen molar-refractivity contribution in [1.82, 2.24) is 9.88 Å². The van der Waals surface area contributed by atoms with E-state index in [1.165, 1.54) is 0 Å². The molecule has 1 saturated heterocycles. The number of hydrogen-bond acceptors (Lipinski definition) is 6. The van der Waals surface area contributed by atoms with Crippen LogP contribution < -0.4 is 11.5 Å². The third-order valence-corrected chi connectivity index (χ3v) is 3.65. The van der Waals surface area contributed by atoms with Gasteiger partial charge in [-0.2, -0.15) is 0 Å². The van der Waals surface area contributed by atoms with E-state index in [0.29, 0.717) is 31.1 Å². The molecule has 0 aromatic carbocycles. The molecule has 1 aromatic heterocycles. The molecule has 1 amide bonds. The molecule has 128 valence electrons. The van der Waals surface area contributed by atoms with Gasteiger partial charge in [0.05, 0.1) is 25.3 Å². The molecule has 1 fully saturated rings. The molecule has 1 aliphatic rings. The normalized spacial score (nSPS) is 20.2. The number of carbonyl (C=O) groups is 1. The van der Waals surface area contributed by atoms with Crippen LogP contribution in [0.5, 0.6) is 0 Å². The minimum Gasteiger partial charge on any atom is -0.444 e. The van der Waals surface area contributed by atoms with Gasteiger partial charge in [-0.15, -0.1) is 0 Å². The first-order valence-electron chi connectivity index (χ1n) is 7.74. The Bertz CT molecular complexity index is 571. The van der Waals surface area contributed by atoms with Crippen LogP contribution in [0.1, 0.15) is 37.9 Å². The minimum atomic E-state index is -0.562. The first-order valence-corrected chi connectivity index (χ1v) is 7.74. The molecule has 2 unspecified atom stereocenters. The van der Waals surface area contributed by atoms with Crippen molar-refractivity contribution in [2.75, 3.05) is 25.5 Å². The molecule has 7 heteroatoms. The summed E-state index contributed by atoms with van der Waals surface area (Å²) >= 11 is 0. The van der Waals surface area contributed by atoms with Crippen LogP contribution in [0.3, 0.4) is 0 Å². The van der Waals surface area contributed by atoms with Crippen LogP contribution in [0.4, 0.5) is 10.6 Å². The fourth-order valence-corrected chi connectivity index (χ4v) is 2.54. The Kier molecular flexibility index (Phi) is 5.11. The van der Waals surface area contributed by atoms with Crippen LogP contribution in [0.15, 0.2) is 12.3 Å². The number of aryl methyl sites for hydroxylation is 1. The van der Waals surface area contributed by atoms with Crippen molar-refractivity contribution >= 4 is 11.9 Å². The van der Waals surface area contributed by atoms with Crippen molar-refractivity contribution in [3.63, 3.8) is 0 Å². The predicted molar refractivity (Wildman–Crippen MR) is 87.9 cm³/mol. The molecular formula is C16H26N4O3. The lowest BCUT2D eigenvalue weighted by molar-refractivity contribution is -0.0381. The van der Waals surface area contributed by atoms with Crippen LogP contribution in [-0.2, 0) is 9.47 Å². The van der Waals surface area contributed by atoms with Crippen molar-refractivity contribution < 1.29 is 14.3 Å². The number of nitrogen functional groups attached to an aromatic ring is 1. The molecule has 0 aliphatic carbocycles. The number of aromatic nitrogens is 1. The van der Waals surface area contributed by atoms with Gasteiger partial charge >= 0.3 is 6.09 Å². The maximum absolute atomic E-state index is 12.5. The first kappa shape index (κ1) is 17.5. The van der Waals surface area contributed by atoms with Gasteiger partial charge in [-0.3, -0.25) is 4.90 Å². The number of pyridine rings is 1. The van der Waals surface area contributed by atoms with E-state index in [4.69, 9.17) is 20.9 Å². The fourth-order valence-electron chi connectivity index (χ4n) is 2.54. The third kappa shape index (κ3) is 4.33. The van der Waals surface area contributed by atoms with Crippen molar-refractivity contribution in [1.29, 1.82) is 0 Å². The van der Waals surface area contributed by atoms with Gasteiger partial charge in [-0.05, 0) is 39.3 Å². The van der Waals surface area contributed by atoms with Gasteiger partial charge in [0, 0.05) is 18.3 Å². The van der Waals surface area contributed by atoms with Gasteiger partial charge in [0.15, 0.2) is 0 Å². The molecule has 0 saturated carbocycles. The quantitative estimate of drug-likeness (QED) is 0.857. The molecule has 7 nitrogen and oxygen atoms in total. The van der Waals surface area contributed by atoms with E-state index in [1.807, 2.05) is 33.8 Å². The summed E-state index contributed by atoms with van der Waals surface area (Å²) in [6, 6.07) is 1.06. The number of rotatable bonds is 2. The summed E-state index contributed by atoms with van der Waals surface area (Å²) in [6.45, 7) is 8.67. The highest BCUT2D eigenvalue weighted by Crippen LogP contribution is 2.26. The Morgan fingerprint density at radius 3 is 2.87 bits per heavy atom. The number of carbonyl (C=O) groups excluding carboxylic acids is 1. The second kappa shape index (κ2) is 6.72. The molecule has 2 heterocycles. The van der Waals surface area contributed by atoms with Gasteiger partial charge in [-0.25, -0.2) is 9.78 Å². The average molecular weight is 322 g/mol. The second-order valence-electron chi connectivity index (χ2n) is 6.83. The Morgan fingerprint density at radius 1 is 1.52 bits per heavy atom. The molecule has 2 atom stereocenters. The zero-order chi connectivity index (χ0) is 17.2. The van der Waals surface area contributed by atoms with Crippen molar-refractivity contribution in [3.05, 3.63) is 23.4 Å². The lowest BCUT2D eigenvalue weighted by Crippen LogP contribution is -2.54. The Hall–Kier alpha value is -1.86. The van der Waals surface area contributed by atoms with Gasteiger partial charge in [0.2, 0.25) is 0 Å². The summed E-state index contributed by atoms with van der Waals surface area (Å²) in [6.07, 6.45) is 1.30. The molecule has 0 spiro atoms. The largest absolute Gasteiger partial charge is 0.444 e. The van der Waals surface area contributed by atoms with Crippen molar-refractivity contribution in [3.8, 4) is 0 Å². The minimum absolute atomic E-state index is 0.341. The summed E-state index contributed by atoms with van der Waals surface area (Å²) in [4.78, 5) is 18.2. The maximum atomic E-state index is 12.5. The third-order valence-electron chi connectivity index (χ3n) is 3.65. The molecule has 4 N–H and O–H groups in total. The van der Waals surface area contributed by atoms with E-state index in [0.717, 1.165) is 5.56 Å². The Morgan fingerprint density at radius 2 is 2.22 bits per heavy atom. The Balaban J connectivity index is 2.23. The predicted octanol–water partition coefficient (Wildman–Crippen LogP) is 1.61. The standard InChI is InChI=1S/C16H26N4O3/c1-10-7-11(14(18)19-8-10)13(17)12-9-22-6-5-20(12)15(21)23-16(2,3)4/h7-8,12-13H,5-6,9,17H2,1-4H3,(H2,18,19). The van der Waals surface area contributed by atoms with Gasteiger partial charge in [-0.1, -0.05) is 0 Å². The van der Waals surface area contributed by atoms with Crippen LogP contribution in [0.2, 0.25) is 0 Å². The number of morpholine rings is 1. The second-order valence-corrected chi connectivity index (χ2v) is 6.83. The van der Waals surface area contributed by atoms with Crippen LogP contribution in [0, 0.1) is 6.92 Å². The molecular weight excluding hydrogens is 296 g/mol. The zero-order valence-corrected chi connectivity index (χ0v) is 14.2. The molecule has 0 bridgehead atoms. The molecule has 1 aromatic rings. The lowest BCUT2D eigenvalue weighted by atomic mass is 9.98.